The minimum atomic E-state index is -1.00. The van der Waals surface area contributed by atoms with E-state index in [0.717, 1.165) is 24.2 Å². The normalized spacial score (nSPS) is 20.0. The van der Waals surface area contributed by atoms with Crippen molar-refractivity contribution in [1.29, 1.82) is 0 Å². The number of carboxylic acids is 1. The van der Waals surface area contributed by atoms with Crippen LogP contribution in [0.15, 0.2) is 24.3 Å². The van der Waals surface area contributed by atoms with E-state index < -0.39 is 12.0 Å². The zero-order valence-corrected chi connectivity index (χ0v) is 14.2. The van der Waals surface area contributed by atoms with E-state index in [1.807, 2.05) is 31.2 Å². The molecule has 132 valence electrons. The van der Waals surface area contributed by atoms with Gasteiger partial charge >= 0.3 is 5.97 Å². The molecule has 1 amide bonds. The molecule has 24 heavy (non-hydrogen) atoms. The zero-order chi connectivity index (χ0) is 17.5. The second kappa shape index (κ2) is 8.68. The molecule has 0 saturated carbocycles. The third-order valence-corrected chi connectivity index (χ3v) is 4.43. The van der Waals surface area contributed by atoms with Gasteiger partial charge in [0.2, 0.25) is 5.91 Å². The molecule has 1 saturated heterocycles. The van der Waals surface area contributed by atoms with E-state index in [0.29, 0.717) is 13.2 Å². The summed E-state index contributed by atoms with van der Waals surface area (Å²) in [6.07, 6.45) is 1.82. The minimum absolute atomic E-state index is 0.00652. The van der Waals surface area contributed by atoms with Crippen LogP contribution >= 0.6 is 0 Å². The predicted molar refractivity (Wildman–Crippen MR) is 89.1 cm³/mol. The molecule has 0 aliphatic carbocycles. The first-order chi connectivity index (χ1) is 11.5. The maximum Gasteiger partial charge on any atom is 0.326 e. The van der Waals surface area contributed by atoms with Gasteiger partial charge in [-0.2, -0.15) is 0 Å². The number of aliphatic carboxylic acids is 1. The summed E-state index contributed by atoms with van der Waals surface area (Å²) in [5.41, 5.74) is 1.01. The van der Waals surface area contributed by atoms with E-state index >= 15 is 0 Å². The monoisotopic (exact) mass is 335 g/mol. The Kier molecular flexibility index (Phi) is 6.61. The van der Waals surface area contributed by atoms with E-state index in [9.17, 15) is 14.7 Å². The SMILES string of the molecule is COc1ccc(C(C)CC(=O)NC(C(=O)O)C2CCCOC2)cc1. The number of carbonyl (C=O) groups is 2. The smallest absolute Gasteiger partial charge is 0.326 e. The molecule has 1 aromatic carbocycles. The molecule has 1 fully saturated rings. The van der Waals surface area contributed by atoms with E-state index in [2.05, 4.69) is 5.32 Å². The summed E-state index contributed by atoms with van der Waals surface area (Å²) < 4.78 is 10.5. The molecule has 6 nitrogen and oxygen atoms in total. The lowest BCUT2D eigenvalue weighted by Crippen LogP contribution is -2.48. The van der Waals surface area contributed by atoms with Crippen molar-refractivity contribution in [3.05, 3.63) is 29.8 Å². The fourth-order valence-corrected chi connectivity index (χ4v) is 2.97. The van der Waals surface area contributed by atoms with Gasteiger partial charge in [0.25, 0.3) is 0 Å². The summed E-state index contributed by atoms with van der Waals surface area (Å²) in [6, 6.07) is 6.65. The number of carboxylic acid groups (broad SMARTS) is 1. The van der Waals surface area contributed by atoms with Crippen molar-refractivity contribution in [3.63, 3.8) is 0 Å². The summed E-state index contributed by atoms with van der Waals surface area (Å²) >= 11 is 0. The number of rotatable bonds is 7. The quantitative estimate of drug-likeness (QED) is 0.798. The van der Waals surface area contributed by atoms with Gasteiger partial charge in [-0.3, -0.25) is 4.79 Å². The van der Waals surface area contributed by atoms with Crippen LogP contribution in [-0.2, 0) is 14.3 Å². The Hall–Kier alpha value is -2.08. The molecule has 1 aromatic rings. The van der Waals surface area contributed by atoms with Crippen molar-refractivity contribution in [1.82, 2.24) is 5.32 Å². The molecule has 3 unspecified atom stereocenters. The lowest BCUT2D eigenvalue weighted by molar-refractivity contribution is -0.145. The highest BCUT2D eigenvalue weighted by Gasteiger charge is 2.31. The summed E-state index contributed by atoms with van der Waals surface area (Å²) in [5.74, 6) is -0.671. The van der Waals surface area contributed by atoms with Crippen molar-refractivity contribution < 1.29 is 24.2 Å². The maximum absolute atomic E-state index is 12.3. The Morgan fingerprint density at radius 1 is 1.38 bits per heavy atom. The number of nitrogens with one attached hydrogen (secondary N) is 1. The summed E-state index contributed by atoms with van der Waals surface area (Å²) in [7, 11) is 1.60. The summed E-state index contributed by atoms with van der Waals surface area (Å²) in [6.45, 7) is 2.98. The second-order valence-corrected chi connectivity index (χ2v) is 6.24. The molecule has 0 bridgehead atoms. The Morgan fingerprint density at radius 3 is 2.62 bits per heavy atom. The molecular weight excluding hydrogens is 310 g/mol. The lowest BCUT2D eigenvalue weighted by Gasteiger charge is -2.28. The van der Waals surface area contributed by atoms with Crippen LogP contribution in [0.2, 0.25) is 0 Å². The molecule has 0 aromatic heterocycles. The van der Waals surface area contributed by atoms with Crippen LogP contribution in [0.4, 0.5) is 0 Å². The minimum Gasteiger partial charge on any atom is -0.497 e. The topological polar surface area (TPSA) is 84.9 Å². The molecule has 2 rings (SSSR count). The fourth-order valence-electron chi connectivity index (χ4n) is 2.97. The Balaban J connectivity index is 1.92. The molecule has 6 heteroatoms. The van der Waals surface area contributed by atoms with Crippen molar-refractivity contribution in [2.45, 2.75) is 38.1 Å². The van der Waals surface area contributed by atoms with Crippen LogP contribution in [0.3, 0.4) is 0 Å². The highest BCUT2D eigenvalue weighted by molar-refractivity contribution is 5.84. The van der Waals surface area contributed by atoms with Crippen molar-refractivity contribution in [2.75, 3.05) is 20.3 Å². The first kappa shape index (κ1) is 18.3. The van der Waals surface area contributed by atoms with E-state index in [4.69, 9.17) is 9.47 Å². The van der Waals surface area contributed by atoms with Gasteiger partial charge in [0.15, 0.2) is 0 Å². The van der Waals surface area contributed by atoms with E-state index in [1.165, 1.54) is 0 Å². The van der Waals surface area contributed by atoms with Gasteiger partial charge in [0.05, 0.1) is 13.7 Å². The first-order valence-electron chi connectivity index (χ1n) is 8.25. The first-order valence-corrected chi connectivity index (χ1v) is 8.25. The lowest BCUT2D eigenvalue weighted by atomic mass is 9.92. The number of amides is 1. The average Bonchev–Trinajstić information content (AvgIpc) is 2.60. The standard InChI is InChI=1S/C18H25NO5/c1-12(13-5-7-15(23-2)8-6-13)10-16(20)19-17(18(21)22)14-4-3-9-24-11-14/h5-8,12,14,17H,3-4,9-11H2,1-2H3,(H,19,20)(H,21,22). The van der Waals surface area contributed by atoms with Gasteiger partial charge in [0.1, 0.15) is 11.8 Å². The van der Waals surface area contributed by atoms with E-state index in [1.54, 1.807) is 7.11 Å². The highest BCUT2D eigenvalue weighted by atomic mass is 16.5. The number of hydrogen-bond acceptors (Lipinski definition) is 4. The van der Waals surface area contributed by atoms with Crippen LogP contribution in [0.1, 0.15) is 37.7 Å². The predicted octanol–water partition coefficient (Wildman–Crippen LogP) is 2.18. The molecule has 1 aliphatic heterocycles. The Labute approximate surface area is 142 Å². The molecule has 1 heterocycles. The van der Waals surface area contributed by atoms with Gasteiger partial charge in [-0.05, 0) is 36.5 Å². The molecule has 3 atom stereocenters. The molecule has 0 radical (unpaired) electrons. The highest BCUT2D eigenvalue weighted by Crippen LogP contribution is 2.23. The van der Waals surface area contributed by atoms with Crippen LogP contribution in [-0.4, -0.2) is 43.3 Å². The summed E-state index contributed by atoms with van der Waals surface area (Å²) in [5, 5.41) is 12.1. The average molecular weight is 335 g/mol. The molecule has 1 aliphatic rings. The molecule has 0 spiro atoms. The largest absolute Gasteiger partial charge is 0.497 e. The van der Waals surface area contributed by atoms with Crippen LogP contribution in [0.25, 0.3) is 0 Å². The number of methoxy groups -OCH3 is 1. The number of ether oxygens (including phenoxy) is 2. The summed E-state index contributed by atoms with van der Waals surface area (Å²) in [4.78, 5) is 23.7. The van der Waals surface area contributed by atoms with Gasteiger partial charge < -0.3 is 19.9 Å². The van der Waals surface area contributed by atoms with Crippen molar-refractivity contribution in [3.8, 4) is 5.75 Å². The number of carbonyl (C=O) groups excluding carboxylic acids is 1. The van der Waals surface area contributed by atoms with Crippen LogP contribution in [0.5, 0.6) is 5.75 Å². The Morgan fingerprint density at radius 2 is 2.08 bits per heavy atom. The van der Waals surface area contributed by atoms with Crippen LogP contribution < -0.4 is 10.1 Å². The number of benzene rings is 1. The maximum atomic E-state index is 12.3. The van der Waals surface area contributed by atoms with Crippen LogP contribution in [0, 0.1) is 5.92 Å². The third-order valence-electron chi connectivity index (χ3n) is 4.43. The molecular formula is C18H25NO5. The van der Waals surface area contributed by atoms with Crippen molar-refractivity contribution >= 4 is 11.9 Å². The van der Waals surface area contributed by atoms with Gasteiger partial charge in [-0.25, -0.2) is 4.79 Å². The second-order valence-electron chi connectivity index (χ2n) is 6.24. The van der Waals surface area contributed by atoms with Gasteiger partial charge in [-0.1, -0.05) is 19.1 Å². The number of hydrogen-bond donors (Lipinski definition) is 2. The van der Waals surface area contributed by atoms with Gasteiger partial charge in [-0.15, -0.1) is 0 Å². The van der Waals surface area contributed by atoms with E-state index in [-0.39, 0.29) is 24.2 Å². The van der Waals surface area contributed by atoms with Crippen molar-refractivity contribution in [2.24, 2.45) is 5.92 Å². The zero-order valence-electron chi connectivity index (χ0n) is 14.2. The third kappa shape index (κ3) is 4.96. The molecule has 2 N–H and O–H groups in total. The fraction of sp³-hybridized carbons (Fsp3) is 0.556. The Bertz CT molecular complexity index is 551. The van der Waals surface area contributed by atoms with Gasteiger partial charge in [0, 0.05) is 18.9 Å².